The van der Waals surface area contributed by atoms with Gasteiger partial charge in [-0.2, -0.15) is 0 Å². The van der Waals surface area contributed by atoms with Gasteiger partial charge >= 0.3 is 0 Å². The van der Waals surface area contributed by atoms with Crippen LogP contribution in [0.5, 0.6) is 0 Å². The van der Waals surface area contributed by atoms with Crippen LogP contribution in [-0.4, -0.2) is 30.1 Å². The molecule has 0 aliphatic rings. The summed E-state index contributed by atoms with van der Waals surface area (Å²) >= 11 is 1.52. The largest absolute Gasteiger partial charge is 0.383 e. The summed E-state index contributed by atoms with van der Waals surface area (Å²) in [5.74, 6) is -0.291. The zero-order chi connectivity index (χ0) is 19.2. The molecule has 0 saturated carbocycles. The van der Waals surface area contributed by atoms with Gasteiger partial charge in [0, 0.05) is 48.2 Å². The van der Waals surface area contributed by atoms with Crippen molar-refractivity contribution >= 4 is 39.7 Å². The van der Waals surface area contributed by atoms with Crippen molar-refractivity contribution in [1.29, 1.82) is 0 Å². The second kappa shape index (κ2) is 8.83. The third-order valence-electron chi connectivity index (χ3n) is 4.24. The number of hydrogen-bond donors (Lipinski definition) is 2. The molecule has 3 aromatic rings. The van der Waals surface area contributed by atoms with Gasteiger partial charge in [-0.15, -0.1) is 11.3 Å². The Morgan fingerprint density at radius 1 is 1.26 bits per heavy atom. The van der Waals surface area contributed by atoms with E-state index in [2.05, 4.69) is 15.2 Å². The molecule has 142 valence electrons. The molecule has 0 bridgehead atoms. The molecule has 0 aliphatic carbocycles. The van der Waals surface area contributed by atoms with Crippen molar-refractivity contribution in [1.82, 2.24) is 9.88 Å². The van der Waals surface area contributed by atoms with E-state index in [0.717, 1.165) is 28.0 Å². The number of ether oxygens (including phenoxy) is 1. The smallest absolute Gasteiger partial charge is 0.226 e. The maximum Gasteiger partial charge on any atom is 0.226 e. The molecular weight excluding hydrogens is 362 g/mol. The molecular formula is C20H23N3O3S. The van der Waals surface area contributed by atoms with Crippen LogP contribution in [0, 0.1) is 0 Å². The Bertz CT molecular complexity index is 918. The predicted octanol–water partition coefficient (Wildman–Crippen LogP) is 3.56. The van der Waals surface area contributed by atoms with Gasteiger partial charge in [0.05, 0.1) is 19.1 Å². The van der Waals surface area contributed by atoms with Crippen LogP contribution in [0.4, 0.5) is 5.69 Å². The van der Waals surface area contributed by atoms with Crippen molar-refractivity contribution in [3.05, 3.63) is 52.9 Å². The van der Waals surface area contributed by atoms with Crippen molar-refractivity contribution in [2.75, 3.05) is 19.0 Å². The van der Waals surface area contributed by atoms with Crippen molar-refractivity contribution in [3.63, 3.8) is 0 Å². The molecule has 2 N–H and O–H groups in total. The lowest BCUT2D eigenvalue weighted by Crippen LogP contribution is -2.29. The van der Waals surface area contributed by atoms with Gasteiger partial charge in [-0.3, -0.25) is 9.59 Å². The molecule has 0 radical (unpaired) electrons. The molecule has 3 rings (SSSR count). The van der Waals surface area contributed by atoms with Crippen molar-refractivity contribution < 1.29 is 14.3 Å². The van der Waals surface area contributed by atoms with Crippen LogP contribution < -0.4 is 10.6 Å². The summed E-state index contributed by atoms with van der Waals surface area (Å²) in [5, 5.41) is 8.77. The van der Waals surface area contributed by atoms with Crippen LogP contribution in [0.15, 0.2) is 48.0 Å². The first-order valence-electron chi connectivity index (χ1n) is 8.75. The van der Waals surface area contributed by atoms with Crippen LogP contribution in [0.2, 0.25) is 0 Å². The quantitative estimate of drug-likeness (QED) is 0.623. The van der Waals surface area contributed by atoms with Gasteiger partial charge in [-0.25, -0.2) is 0 Å². The first-order chi connectivity index (χ1) is 13.1. The molecule has 7 heteroatoms. The lowest BCUT2D eigenvalue weighted by Gasteiger charge is -2.16. The Morgan fingerprint density at radius 3 is 2.81 bits per heavy atom. The Balaban J connectivity index is 1.68. The highest BCUT2D eigenvalue weighted by Gasteiger charge is 2.18. The molecule has 2 amide bonds. The van der Waals surface area contributed by atoms with E-state index in [4.69, 9.17) is 4.74 Å². The lowest BCUT2D eigenvalue weighted by molar-refractivity contribution is -0.120. The second-order valence-corrected chi connectivity index (χ2v) is 7.28. The van der Waals surface area contributed by atoms with Gasteiger partial charge in [0.2, 0.25) is 11.8 Å². The Kier molecular flexibility index (Phi) is 6.26. The summed E-state index contributed by atoms with van der Waals surface area (Å²) in [4.78, 5) is 24.9. The fourth-order valence-corrected chi connectivity index (χ4v) is 3.80. The number of nitrogens with zero attached hydrogens (tertiary/aromatic N) is 1. The number of amides is 2. The minimum atomic E-state index is -0.318. The third kappa shape index (κ3) is 4.96. The van der Waals surface area contributed by atoms with Crippen LogP contribution in [0.1, 0.15) is 24.3 Å². The van der Waals surface area contributed by atoms with E-state index in [1.165, 1.54) is 18.3 Å². The molecule has 0 saturated heterocycles. The number of benzene rings is 1. The van der Waals surface area contributed by atoms with Gasteiger partial charge in [0.15, 0.2) is 0 Å². The number of nitrogens with one attached hydrogen (secondary N) is 2. The number of anilines is 1. The van der Waals surface area contributed by atoms with Gasteiger partial charge in [-0.1, -0.05) is 6.07 Å². The number of thiophene rings is 1. The van der Waals surface area contributed by atoms with Crippen LogP contribution in [0.25, 0.3) is 10.9 Å². The van der Waals surface area contributed by atoms with E-state index in [1.807, 2.05) is 48.0 Å². The van der Waals surface area contributed by atoms with E-state index in [1.54, 1.807) is 7.11 Å². The highest BCUT2D eigenvalue weighted by molar-refractivity contribution is 7.10. The first kappa shape index (κ1) is 19.1. The number of fused-ring (bicyclic) bond motifs is 1. The standard InChI is InChI=1S/C20H23N3O3S/c1-14(24)21-17(19-4-3-11-27-19)13-20(25)22-16-5-6-18-15(12-16)7-8-23(18)9-10-26-2/h3-8,11-12,17H,9-10,13H2,1-2H3,(H,21,24)(H,22,25). The van der Waals surface area contributed by atoms with Crippen LogP contribution >= 0.6 is 11.3 Å². The number of carbonyl (C=O) groups is 2. The van der Waals surface area contributed by atoms with E-state index in [-0.39, 0.29) is 24.3 Å². The molecule has 2 aromatic heterocycles. The highest BCUT2D eigenvalue weighted by atomic mass is 32.1. The summed E-state index contributed by atoms with van der Waals surface area (Å²) in [6, 6.07) is 11.4. The molecule has 6 nitrogen and oxygen atoms in total. The van der Waals surface area contributed by atoms with Gasteiger partial charge < -0.3 is 19.9 Å². The third-order valence-corrected chi connectivity index (χ3v) is 5.23. The number of hydrogen-bond acceptors (Lipinski definition) is 4. The maximum absolute atomic E-state index is 12.5. The molecule has 1 aromatic carbocycles. The minimum absolute atomic E-state index is 0.139. The zero-order valence-corrected chi connectivity index (χ0v) is 16.2. The average molecular weight is 385 g/mol. The fraction of sp³-hybridized carbons (Fsp3) is 0.300. The average Bonchev–Trinajstić information content (AvgIpc) is 3.28. The van der Waals surface area contributed by atoms with Crippen molar-refractivity contribution in [2.45, 2.75) is 25.9 Å². The first-order valence-corrected chi connectivity index (χ1v) is 9.63. The number of carbonyl (C=O) groups excluding carboxylic acids is 2. The van der Waals surface area contributed by atoms with E-state index in [9.17, 15) is 9.59 Å². The zero-order valence-electron chi connectivity index (χ0n) is 15.4. The molecule has 0 spiro atoms. The highest BCUT2D eigenvalue weighted by Crippen LogP contribution is 2.24. The summed E-state index contributed by atoms with van der Waals surface area (Å²) in [7, 11) is 1.68. The topological polar surface area (TPSA) is 72.4 Å². The van der Waals surface area contributed by atoms with Gasteiger partial charge in [0.25, 0.3) is 0 Å². The summed E-state index contributed by atoms with van der Waals surface area (Å²) < 4.78 is 7.25. The molecule has 0 aliphatic heterocycles. The number of aromatic nitrogens is 1. The number of rotatable bonds is 8. The summed E-state index contributed by atoms with van der Waals surface area (Å²) in [5.41, 5.74) is 1.84. The summed E-state index contributed by atoms with van der Waals surface area (Å²) in [6.45, 7) is 2.89. The van der Waals surface area contributed by atoms with Crippen molar-refractivity contribution in [2.24, 2.45) is 0 Å². The fourth-order valence-electron chi connectivity index (χ4n) is 3.02. The van der Waals surface area contributed by atoms with E-state index in [0.29, 0.717) is 6.61 Å². The normalized spacial score (nSPS) is 12.1. The summed E-state index contributed by atoms with van der Waals surface area (Å²) in [6.07, 6.45) is 2.20. The van der Waals surface area contributed by atoms with Crippen LogP contribution in [0.3, 0.4) is 0 Å². The van der Waals surface area contributed by atoms with E-state index < -0.39 is 0 Å². The molecule has 0 fully saturated rings. The van der Waals surface area contributed by atoms with Crippen LogP contribution in [-0.2, 0) is 20.9 Å². The Labute approximate surface area is 162 Å². The van der Waals surface area contributed by atoms with Gasteiger partial charge in [-0.05, 0) is 35.7 Å². The molecule has 1 unspecified atom stereocenters. The lowest BCUT2D eigenvalue weighted by atomic mass is 10.1. The predicted molar refractivity (Wildman–Crippen MR) is 108 cm³/mol. The SMILES string of the molecule is COCCn1ccc2cc(NC(=O)CC(NC(C)=O)c3cccs3)ccc21. The van der Waals surface area contributed by atoms with Gasteiger partial charge in [0.1, 0.15) is 0 Å². The number of methoxy groups -OCH3 is 1. The van der Waals surface area contributed by atoms with Crippen molar-refractivity contribution in [3.8, 4) is 0 Å². The molecule has 2 heterocycles. The Hall–Kier alpha value is -2.64. The maximum atomic E-state index is 12.5. The minimum Gasteiger partial charge on any atom is -0.383 e. The Morgan fingerprint density at radius 2 is 2.11 bits per heavy atom. The molecule has 1 atom stereocenters. The monoisotopic (exact) mass is 385 g/mol. The second-order valence-electron chi connectivity index (χ2n) is 6.30. The molecule has 27 heavy (non-hydrogen) atoms. The van der Waals surface area contributed by atoms with E-state index >= 15 is 0 Å².